The van der Waals surface area contributed by atoms with E-state index in [9.17, 15) is 22.7 Å². The Labute approximate surface area is 124 Å². The van der Waals surface area contributed by atoms with Crippen molar-refractivity contribution in [1.29, 1.82) is 0 Å². The van der Waals surface area contributed by atoms with Gasteiger partial charge >= 0.3 is 6.18 Å². The van der Waals surface area contributed by atoms with Crippen LogP contribution in [0.4, 0.5) is 17.6 Å². The summed E-state index contributed by atoms with van der Waals surface area (Å²) in [4.78, 5) is 0. The molecule has 0 saturated heterocycles. The highest BCUT2D eigenvalue weighted by atomic mass is 127. The van der Waals surface area contributed by atoms with Crippen LogP contribution in [0.15, 0.2) is 29.6 Å². The number of aliphatic hydroxyl groups excluding tert-OH is 1. The van der Waals surface area contributed by atoms with Crippen molar-refractivity contribution < 1.29 is 22.7 Å². The predicted molar refractivity (Wildman–Crippen MR) is 72.5 cm³/mol. The molecule has 2 aromatic rings. The average molecular weight is 402 g/mol. The second-order valence-corrected chi connectivity index (χ2v) is 6.63. The van der Waals surface area contributed by atoms with E-state index in [4.69, 9.17) is 0 Å². The highest BCUT2D eigenvalue weighted by molar-refractivity contribution is 14.1. The van der Waals surface area contributed by atoms with Crippen LogP contribution >= 0.6 is 33.9 Å². The molecule has 0 amide bonds. The molecule has 0 saturated carbocycles. The molecule has 0 bridgehead atoms. The summed E-state index contributed by atoms with van der Waals surface area (Å²) in [5, 5.41) is 11.7. The van der Waals surface area contributed by atoms with Gasteiger partial charge in [0.15, 0.2) is 0 Å². The molecule has 1 N–H and O–H groups in total. The molecule has 0 aliphatic carbocycles. The molecule has 0 spiro atoms. The number of rotatable bonds is 2. The second-order valence-electron chi connectivity index (χ2n) is 3.82. The Bertz CT molecular complexity index is 594. The third-order valence-electron chi connectivity index (χ3n) is 2.52. The lowest BCUT2D eigenvalue weighted by Gasteiger charge is -2.13. The summed E-state index contributed by atoms with van der Waals surface area (Å²) in [5.41, 5.74) is -0.856. The summed E-state index contributed by atoms with van der Waals surface area (Å²) in [6, 6.07) is 4.19. The van der Waals surface area contributed by atoms with Gasteiger partial charge in [0.1, 0.15) is 11.9 Å². The van der Waals surface area contributed by atoms with Crippen molar-refractivity contribution >= 4 is 33.9 Å². The summed E-state index contributed by atoms with van der Waals surface area (Å²) in [5.74, 6) is -1.34. The Morgan fingerprint density at radius 3 is 2.37 bits per heavy atom. The molecule has 19 heavy (non-hydrogen) atoms. The van der Waals surface area contributed by atoms with E-state index >= 15 is 0 Å². The number of benzene rings is 1. The molecular formula is C12H7F4IOS. The lowest BCUT2D eigenvalue weighted by atomic mass is 10.0. The molecule has 1 aromatic carbocycles. The minimum atomic E-state index is -4.77. The molecule has 1 heterocycles. The molecule has 1 unspecified atom stereocenters. The number of hydrogen-bond acceptors (Lipinski definition) is 2. The third-order valence-corrected chi connectivity index (χ3v) is 4.32. The van der Waals surface area contributed by atoms with Crippen molar-refractivity contribution in [2.75, 3.05) is 0 Å². The van der Waals surface area contributed by atoms with E-state index in [0.717, 1.165) is 15.0 Å². The van der Waals surface area contributed by atoms with E-state index in [2.05, 4.69) is 0 Å². The highest BCUT2D eigenvalue weighted by Crippen LogP contribution is 2.34. The fourth-order valence-electron chi connectivity index (χ4n) is 1.59. The molecule has 0 aliphatic heterocycles. The summed E-state index contributed by atoms with van der Waals surface area (Å²) in [6.07, 6.45) is -5.97. The van der Waals surface area contributed by atoms with Gasteiger partial charge in [-0.2, -0.15) is 13.2 Å². The number of hydrogen-bond donors (Lipinski definition) is 1. The Hall–Kier alpha value is -0.670. The van der Waals surface area contributed by atoms with Crippen LogP contribution < -0.4 is 0 Å². The molecule has 0 fully saturated rings. The van der Waals surface area contributed by atoms with Crippen LogP contribution in [0.3, 0.4) is 0 Å². The second kappa shape index (κ2) is 5.37. The minimum Gasteiger partial charge on any atom is -0.384 e. The summed E-state index contributed by atoms with van der Waals surface area (Å²) in [6.45, 7) is 0. The lowest BCUT2D eigenvalue weighted by Crippen LogP contribution is -2.10. The molecule has 0 aliphatic rings. The van der Waals surface area contributed by atoms with Crippen molar-refractivity contribution in [1.82, 2.24) is 0 Å². The molecule has 0 radical (unpaired) electrons. The van der Waals surface area contributed by atoms with Crippen LogP contribution in [0.1, 0.15) is 22.8 Å². The van der Waals surface area contributed by atoms with Crippen LogP contribution in [-0.4, -0.2) is 5.11 Å². The summed E-state index contributed by atoms with van der Waals surface area (Å²) in [7, 11) is 0. The van der Waals surface area contributed by atoms with Crippen LogP contribution in [0.5, 0.6) is 0 Å². The van der Waals surface area contributed by atoms with E-state index < -0.39 is 23.7 Å². The SMILES string of the molecule is OC(c1csc(I)c1)c1ccc(F)c(C(F)(F)F)c1. The zero-order valence-electron chi connectivity index (χ0n) is 9.21. The van der Waals surface area contributed by atoms with Gasteiger partial charge in [0.05, 0.1) is 8.45 Å². The first-order valence-electron chi connectivity index (χ1n) is 5.07. The third kappa shape index (κ3) is 3.26. The monoisotopic (exact) mass is 402 g/mol. The molecule has 1 aromatic heterocycles. The Morgan fingerprint density at radius 2 is 1.84 bits per heavy atom. The zero-order valence-corrected chi connectivity index (χ0v) is 12.2. The quantitative estimate of drug-likeness (QED) is 0.576. The zero-order chi connectivity index (χ0) is 14.2. The average Bonchev–Trinajstić information content (AvgIpc) is 2.74. The largest absolute Gasteiger partial charge is 0.419 e. The fourth-order valence-corrected chi connectivity index (χ4v) is 2.98. The summed E-state index contributed by atoms with van der Waals surface area (Å²) >= 11 is 3.42. The van der Waals surface area contributed by atoms with Crippen molar-refractivity contribution in [3.05, 3.63) is 55.0 Å². The van der Waals surface area contributed by atoms with Gasteiger partial charge in [-0.25, -0.2) is 4.39 Å². The number of alkyl halides is 3. The van der Waals surface area contributed by atoms with Crippen molar-refractivity contribution in [3.63, 3.8) is 0 Å². The van der Waals surface area contributed by atoms with Crippen molar-refractivity contribution in [2.24, 2.45) is 0 Å². The smallest absolute Gasteiger partial charge is 0.384 e. The predicted octanol–water partition coefficient (Wildman–Crippen LogP) is 4.59. The van der Waals surface area contributed by atoms with Gasteiger partial charge in [0.25, 0.3) is 0 Å². The van der Waals surface area contributed by atoms with Crippen LogP contribution in [0.25, 0.3) is 0 Å². The van der Waals surface area contributed by atoms with Crippen LogP contribution in [-0.2, 0) is 6.18 Å². The van der Waals surface area contributed by atoms with Gasteiger partial charge in [-0.1, -0.05) is 6.07 Å². The first kappa shape index (κ1) is 14.7. The number of aliphatic hydroxyl groups is 1. The maximum absolute atomic E-state index is 13.1. The maximum atomic E-state index is 13.1. The van der Waals surface area contributed by atoms with Gasteiger partial charge in [0, 0.05) is 0 Å². The van der Waals surface area contributed by atoms with Crippen LogP contribution in [0.2, 0.25) is 0 Å². The van der Waals surface area contributed by atoms with Crippen LogP contribution in [0, 0.1) is 8.70 Å². The Morgan fingerprint density at radius 1 is 1.16 bits per heavy atom. The van der Waals surface area contributed by atoms with Gasteiger partial charge in [0.2, 0.25) is 0 Å². The first-order valence-corrected chi connectivity index (χ1v) is 7.03. The Balaban J connectivity index is 2.41. The van der Waals surface area contributed by atoms with Gasteiger partial charge in [-0.15, -0.1) is 11.3 Å². The van der Waals surface area contributed by atoms with Gasteiger partial charge in [-0.05, 0) is 57.3 Å². The normalized spacial score (nSPS) is 13.6. The molecule has 7 heteroatoms. The lowest BCUT2D eigenvalue weighted by molar-refractivity contribution is -0.140. The summed E-state index contributed by atoms with van der Waals surface area (Å²) < 4.78 is 51.8. The Kier molecular flexibility index (Phi) is 4.17. The fraction of sp³-hybridized carbons (Fsp3) is 0.167. The minimum absolute atomic E-state index is 0.0166. The van der Waals surface area contributed by atoms with E-state index in [1.54, 1.807) is 11.4 Å². The van der Waals surface area contributed by atoms with E-state index in [0.29, 0.717) is 11.6 Å². The highest BCUT2D eigenvalue weighted by Gasteiger charge is 2.34. The molecule has 102 valence electrons. The molecular weight excluding hydrogens is 395 g/mol. The van der Waals surface area contributed by atoms with E-state index in [1.807, 2.05) is 22.6 Å². The maximum Gasteiger partial charge on any atom is 0.419 e. The van der Waals surface area contributed by atoms with Gasteiger partial charge in [-0.3, -0.25) is 0 Å². The first-order chi connectivity index (χ1) is 8.79. The topological polar surface area (TPSA) is 20.2 Å². The van der Waals surface area contributed by atoms with Gasteiger partial charge < -0.3 is 5.11 Å². The molecule has 1 nitrogen and oxygen atoms in total. The van der Waals surface area contributed by atoms with E-state index in [-0.39, 0.29) is 5.56 Å². The van der Waals surface area contributed by atoms with Crippen molar-refractivity contribution in [3.8, 4) is 0 Å². The standard InChI is InChI=1S/C12H7F4IOS/c13-9-2-1-6(3-8(9)12(14,15)16)11(18)7-4-10(17)19-5-7/h1-5,11,18H. The number of halogens is 5. The van der Waals surface area contributed by atoms with E-state index in [1.165, 1.54) is 11.3 Å². The van der Waals surface area contributed by atoms with Crippen molar-refractivity contribution in [2.45, 2.75) is 12.3 Å². The molecule has 2 rings (SSSR count). The number of thiophene rings is 1. The molecule has 1 atom stereocenters.